The fourth-order valence-electron chi connectivity index (χ4n) is 1.87. The van der Waals surface area contributed by atoms with Crippen LogP contribution >= 0.6 is 15.9 Å². The molecule has 2 heteroatoms. The highest BCUT2D eigenvalue weighted by molar-refractivity contribution is 9.10. The molecule has 0 fully saturated rings. The van der Waals surface area contributed by atoms with Crippen molar-refractivity contribution >= 4 is 26.8 Å². The van der Waals surface area contributed by atoms with Gasteiger partial charge in [0.15, 0.2) is 0 Å². The van der Waals surface area contributed by atoms with Crippen molar-refractivity contribution in [2.75, 3.05) is 0 Å². The van der Waals surface area contributed by atoms with Gasteiger partial charge in [0.05, 0.1) is 0 Å². The molecule has 2 aromatic rings. The molecular formula is C12H14BrN. The van der Waals surface area contributed by atoms with E-state index >= 15 is 0 Å². The Kier molecular flexibility index (Phi) is 2.64. The van der Waals surface area contributed by atoms with E-state index in [4.69, 9.17) is 0 Å². The molecule has 0 saturated heterocycles. The summed E-state index contributed by atoms with van der Waals surface area (Å²) in [6, 6.07) is 6.48. The molecule has 0 spiro atoms. The molecular weight excluding hydrogens is 238 g/mol. The number of hydrogen-bond acceptors (Lipinski definition) is 0. The minimum atomic E-state index is 1.10. The first-order valence-electron chi connectivity index (χ1n) is 4.97. The number of aromatic nitrogens is 1. The quantitative estimate of drug-likeness (QED) is 0.757. The van der Waals surface area contributed by atoms with Gasteiger partial charge in [-0.2, -0.15) is 0 Å². The average Bonchev–Trinajstić information content (AvgIpc) is 2.44. The molecule has 0 saturated carbocycles. The van der Waals surface area contributed by atoms with Crippen LogP contribution in [0, 0.1) is 6.92 Å². The van der Waals surface area contributed by atoms with Crippen LogP contribution in [-0.4, -0.2) is 4.57 Å². The lowest BCUT2D eigenvalue weighted by atomic mass is 10.2. The summed E-state index contributed by atoms with van der Waals surface area (Å²) < 4.78 is 3.48. The molecule has 0 amide bonds. The largest absolute Gasteiger partial charge is 0.347 e. The van der Waals surface area contributed by atoms with E-state index in [1.165, 1.54) is 22.9 Å². The van der Waals surface area contributed by atoms with Gasteiger partial charge < -0.3 is 4.57 Å². The van der Waals surface area contributed by atoms with Gasteiger partial charge in [0.25, 0.3) is 0 Å². The minimum absolute atomic E-state index is 1.10. The first-order valence-corrected chi connectivity index (χ1v) is 5.76. The van der Waals surface area contributed by atoms with Crippen molar-refractivity contribution in [2.45, 2.75) is 26.8 Å². The number of aryl methyl sites for hydroxylation is 2. The van der Waals surface area contributed by atoms with Crippen LogP contribution in [0.15, 0.2) is 28.9 Å². The maximum atomic E-state index is 3.51. The van der Waals surface area contributed by atoms with Crippen LogP contribution in [-0.2, 0) is 6.54 Å². The summed E-state index contributed by atoms with van der Waals surface area (Å²) in [6.45, 7) is 5.47. The van der Waals surface area contributed by atoms with E-state index in [1.807, 2.05) is 0 Å². The topological polar surface area (TPSA) is 4.93 Å². The van der Waals surface area contributed by atoms with E-state index in [9.17, 15) is 0 Å². The number of hydrogen-bond donors (Lipinski definition) is 0. The first kappa shape index (κ1) is 9.78. The van der Waals surface area contributed by atoms with Crippen molar-refractivity contribution in [3.63, 3.8) is 0 Å². The molecule has 0 aliphatic rings. The summed E-state index contributed by atoms with van der Waals surface area (Å²) >= 11 is 3.51. The molecule has 74 valence electrons. The van der Waals surface area contributed by atoms with Crippen molar-refractivity contribution in [2.24, 2.45) is 0 Å². The van der Waals surface area contributed by atoms with Gasteiger partial charge in [0, 0.05) is 28.1 Å². The highest BCUT2D eigenvalue weighted by Crippen LogP contribution is 2.24. The van der Waals surface area contributed by atoms with Crippen molar-refractivity contribution in [1.29, 1.82) is 0 Å². The van der Waals surface area contributed by atoms with Crippen LogP contribution in [0.5, 0.6) is 0 Å². The van der Waals surface area contributed by atoms with Crippen LogP contribution in [0.1, 0.15) is 18.9 Å². The van der Waals surface area contributed by atoms with E-state index in [1.54, 1.807) is 0 Å². The van der Waals surface area contributed by atoms with Crippen LogP contribution in [0.25, 0.3) is 10.9 Å². The second-order valence-corrected chi connectivity index (χ2v) is 4.58. The molecule has 2 rings (SSSR count). The molecule has 0 aliphatic carbocycles. The normalized spacial score (nSPS) is 11.1. The number of benzene rings is 1. The Morgan fingerprint density at radius 3 is 2.86 bits per heavy atom. The van der Waals surface area contributed by atoms with E-state index in [0.29, 0.717) is 0 Å². The van der Waals surface area contributed by atoms with E-state index in [2.05, 4.69) is 58.7 Å². The Labute approximate surface area is 92.9 Å². The third kappa shape index (κ3) is 1.59. The maximum absolute atomic E-state index is 3.51. The fraction of sp³-hybridized carbons (Fsp3) is 0.333. The Balaban J connectivity index is 2.66. The Morgan fingerprint density at radius 2 is 2.14 bits per heavy atom. The molecule has 14 heavy (non-hydrogen) atoms. The third-order valence-electron chi connectivity index (χ3n) is 2.51. The summed E-state index contributed by atoms with van der Waals surface area (Å²) in [5.41, 5.74) is 2.69. The monoisotopic (exact) mass is 251 g/mol. The zero-order valence-corrected chi connectivity index (χ0v) is 10.1. The second-order valence-electron chi connectivity index (χ2n) is 3.67. The minimum Gasteiger partial charge on any atom is -0.347 e. The Hall–Kier alpha value is -0.760. The van der Waals surface area contributed by atoms with Gasteiger partial charge in [-0.1, -0.05) is 28.9 Å². The predicted molar refractivity (Wildman–Crippen MR) is 64.7 cm³/mol. The third-order valence-corrected chi connectivity index (χ3v) is 3.00. The van der Waals surface area contributed by atoms with Gasteiger partial charge in [-0.15, -0.1) is 0 Å². The standard InChI is InChI=1S/C12H14BrN/c1-3-6-14-8-9(2)11-5-4-10(13)7-12(11)14/h4-5,7-8H,3,6H2,1-2H3. The number of fused-ring (bicyclic) bond motifs is 1. The van der Waals surface area contributed by atoms with Gasteiger partial charge in [0.1, 0.15) is 0 Å². The van der Waals surface area contributed by atoms with Crippen molar-refractivity contribution < 1.29 is 0 Å². The fourth-order valence-corrected chi connectivity index (χ4v) is 2.22. The van der Waals surface area contributed by atoms with E-state index in [-0.39, 0.29) is 0 Å². The summed E-state index contributed by atoms with van der Waals surface area (Å²) in [5.74, 6) is 0. The maximum Gasteiger partial charge on any atom is 0.0494 e. The molecule has 1 nitrogen and oxygen atoms in total. The molecule has 1 heterocycles. The van der Waals surface area contributed by atoms with Crippen molar-refractivity contribution in [3.8, 4) is 0 Å². The van der Waals surface area contributed by atoms with Crippen molar-refractivity contribution in [1.82, 2.24) is 4.57 Å². The van der Waals surface area contributed by atoms with Crippen LogP contribution in [0.3, 0.4) is 0 Å². The molecule has 1 aromatic heterocycles. The summed E-state index contributed by atoms with van der Waals surface area (Å²) in [7, 11) is 0. The zero-order valence-electron chi connectivity index (χ0n) is 8.55. The summed E-state index contributed by atoms with van der Waals surface area (Å²) in [4.78, 5) is 0. The van der Waals surface area contributed by atoms with Crippen molar-refractivity contribution in [3.05, 3.63) is 34.4 Å². The SMILES string of the molecule is CCCn1cc(C)c2ccc(Br)cc21. The summed E-state index contributed by atoms with van der Waals surface area (Å²) in [5, 5.41) is 1.36. The predicted octanol–water partition coefficient (Wildman–Crippen LogP) is 4.12. The molecule has 1 aromatic carbocycles. The molecule has 0 bridgehead atoms. The first-order chi connectivity index (χ1) is 6.72. The second kappa shape index (κ2) is 3.77. The lowest BCUT2D eigenvalue weighted by Gasteiger charge is -2.02. The van der Waals surface area contributed by atoms with Gasteiger partial charge in [-0.3, -0.25) is 0 Å². The van der Waals surface area contributed by atoms with Crippen LogP contribution in [0.2, 0.25) is 0 Å². The number of nitrogens with zero attached hydrogens (tertiary/aromatic N) is 1. The Bertz CT molecular complexity index is 457. The smallest absolute Gasteiger partial charge is 0.0494 e. The van der Waals surface area contributed by atoms with Gasteiger partial charge in [-0.05, 0) is 31.0 Å². The average molecular weight is 252 g/mol. The van der Waals surface area contributed by atoms with E-state index in [0.717, 1.165) is 11.0 Å². The van der Waals surface area contributed by atoms with Gasteiger partial charge in [-0.25, -0.2) is 0 Å². The lowest BCUT2D eigenvalue weighted by molar-refractivity contribution is 0.702. The number of rotatable bonds is 2. The van der Waals surface area contributed by atoms with Gasteiger partial charge in [0.2, 0.25) is 0 Å². The summed E-state index contributed by atoms with van der Waals surface area (Å²) in [6.07, 6.45) is 3.41. The van der Waals surface area contributed by atoms with E-state index < -0.39 is 0 Å². The molecule has 0 N–H and O–H groups in total. The molecule has 0 unspecified atom stereocenters. The van der Waals surface area contributed by atoms with Crippen LogP contribution < -0.4 is 0 Å². The van der Waals surface area contributed by atoms with Gasteiger partial charge >= 0.3 is 0 Å². The molecule has 0 atom stereocenters. The molecule has 0 radical (unpaired) electrons. The molecule has 0 aliphatic heterocycles. The highest BCUT2D eigenvalue weighted by Gasteiger charge is 2.04. The highest BCUT2D eigenvalue weighted by atomic mass is 79.9. The zero-order chi connectivity index (χ0) is 10.1. The van der Waals surface area contributed by atoms with Crippen LogP contribution in [0.4, 0.5) is 0 Å². The lowest BCUT2D eigenvalue weighted by Crippen LogP contribution is -1.93. The Morgan fingerprint density at radius 1 is 1.36 bits per heavy atom. The number of halogens is 1.